The van der Waals surface area contributed by atoms with E-state index in [2.05, 4.69) is 18.7 Å². The number of Topliss-reactive ketones (excluding diaryl/α,β-unsaturated/α-hetero) is 1. The lowest BCUT2D eigenvalue weighted by molar-refractivity contribution is 0.0658. The molecule has 1 aromatic carbocycles. The summed E-state index contributed by atoms with van der Waals surface area (Å²) in [5.41, 5.74) is 2.14. The minimum Gasteiger partial charge on any atom is -0.294 e. The van der Waals surface area contributed by atoms with Crippen LogP contribution in [0.4, 0.5) is 0 Å². The Hall–Kier alpha value is -1.37. The third-order valence-corrected chi connectivity index (χ3v) is 4.51. The van der Waals surface area contributed by atoms with Gasteiger partial charge in [-0.05, 0) is 37.2 Å². The van der Waals surface area contributed by atoms with Crippen molar-refractivity contribution in [3.05, 3.63) is 48.0 Å². The monoisotopic (exact) mass is 226 g/mol. The average Bonchev–Trinajstić information content (AvgIpc) is 2.37. The minimum atomic E-state index is -0.126. The quantitative estimate of drug-likeness (QED) is 0.694. The highest BCUT2D eigenvalue weighted by atomic mass is 16.1. The highest BCUT2D eigenvalue weighted by Gasteiger charge is 2.46. The molecule has 1 aromatic rings. The van der Waals surface area contributed by atoms with E-state index in [1.807, 2.05) is 18.2 Å². The van der Waals surface area contributed by atoms with E-state index in [1.54, 1.807) is 0 Å². The molecule has 17 heavy (non-hydrogen) atoms. The summed E-state index contributed by atoms with van der Waals surface area (Å²) in [6.45, 7) is 3.84. The first-order chi connectivity index (χ1) is 8.27. The molecule has 0 amide bonds. The maximum Gasteiger partial charge on any atom is 0.169 e. The summed E-state index contributed by atoms with van der Waals surface area (Å²) in [7, 11) is 0. The standard InChI is InChI=1S/C16H18O/c1-2-9-16-10-5-6-12(11-16)13-7-3-4-8-14(13)15(16)17/h2-4,7-8,12H,1,5-6,9-11H2. The number of allylic oxidation sites excluding steroid dienone is 1. The predicted molar refractivity (Wildman–Crippen MR) is 69.2 cm³/mol. The molecule has 2 aliphatic carbocycles. The topological polar surface area (TPSA) is 17.1 Å². The molecule has 88 valence electrons. The van der Waals surface area contributed by atoms with E-state index in [0.717, 1.165) is 24.8 Å². The fraction of sp³-hybridized carbons (Fsp3) is 0.438. The van der Waals surface area contributed by atoms with Gasteiger partial charge in [0.2, 0.25) is 0 Å². The third kappa shape index (κ3) is 1.49. The molecular weight excluding hydrogens is 208 g/mol. The van der Waals surface area contributed by atoms with Crippen LogP contribution in [-0.2, 0) is 0 Å². The molecule has 0 N–H and O–H groups in total. The van der Waals surface area contributed by atoms with Gasteiger partial charge in [-0.3, -0.25) is 4.79 Å². The van der Waals surface area contributed by atoms with E-state index >= 15 is 0 Å². The van der Waals surface area contributed by atoms with Gasteiger partial charge in [-0.2, -0.15) is 0 Å². The van der Waals surface area contributed by atoms with Crippen LogP contribution in [0, 0.1) is 5.41 Å². The van der Waals surface area contributed by atoms with Crippen LogP contribution in [-0.4, -0.2) is 5.78 Å². The van der Waals surface area contributed by atoms with Crippen molar-refractivity contribution >= 4 is 5.78 Å². The first-order valence-electron chi connectivity index (χ1n) is 6.51. The largest absolute Gasteiger partial charge is 0.294 e. The number of benzene rings is 1. The lowest BCUT2D eigenvalue weighted by Crippen LogP contribution is -2.40. The summed E-state index contributed by atoms with van der Waals surface area (Å²) in [5.74, 6) is 0.960. The van der Waals surface area contributed by atoms with Crippen molar-refractivity contribution in [2.75, 3.05) is 0 Å². The number of ketones is 1. The van der Waals surface area contributed by atoms with Gasteiger partial charge < -0.3 is 0 Å². The second-order valence-corrected chi connectivity index (χ2v) is 5.48. The van der Waals surface area contributed by atoms with Crippen LogP contribution in [0.5, 0.6) is 0 Å². The summed E-state index contributed by atoms with van der Waals surface area (Å²) in [5, 5.41) is 0. The molecule has 2 bridgehead atoms. The number of carbonyl (C=O) groups is 1. The number of fused-ring (bicyclic) bond motifs is 4. The fourth-order valence-corrected chi connectivity index (χ4v) is 3.73. The highest BCUT2D eigenvalue weighted by Crippen LogP contribution is 2.52. The Kier molecular flexibility index (Phi) is 2.43. The minimum absolute atomic E-state index is 0.126. The molecule has 2 aliphatic rings. The Morgan fingerprint density at radius 1 is 1.41 bits per heavy atom. The van der Waals surface area contributed by atoms with E-state index in [9.17, 15) is 4.79 Å². The van der Waals surface area contributed by atoms with Crippen LogP contribution in [0.25, 0.3) is 0 Å². The molecular formula is C16H18O. The van der Waals surface area contributed by atoms with Gasteiger partial charge >= 0.3 is 0 Å². The zero-order valence-electron chi connectivity index (χ0n) is 10.1. The van der Waals surface area contributed by atoms with Gasteiger partial charge in [0, 0.05) is 11.0 Å². The molecule has 3 rings (SSSR count). The Bertz CT molecular complexity index is 474. The molecule has 1 heteroatoms. The molecule has 1 fully saturated rings. The number of hydrogen-bond acceptors (Lipinski definition) is 1. The molecule has 0 heterocycles. The number of carbonyl (C=O) groups excluding carboxylic acids is 1. The van der Waals surface area contributed by atoms with Gasteiger partial charge in [-0.1, -0.05) is 36.8 Å². The normalized spacial score (nSPS) is 30.8. The van der Waals surface area contributed by atoms with Crippen LogP contribution < -0.4 is 0 Å². The van der Waals surface area contributed by atoms with Crippen molar-refractivity contribution < 1.29 is 4.79 Å². The van der Waals surface area contributed by atoms with Crippen molar-refractivity contribution in [1.82, 2.24) is 0 Å². The van der Waals surface area contributed by atoms with Gasteiger partial charge in [-0.15, -0.1) is 6.58 Å². The Morgan fingerprint density at radius 3 is 3.06 bits per heavy atom. The summed E-state index contributed by atoms with van der Waals surface area (Å²) >= 11 is 0. The number of rotatable bonds is 2. The van der Waals surface area contributed by atoms with E-state index in [4.69, 9.17) is 0 Å². The smallest absolute Gasteiger partial charge is 0.169 e. The van der Waals surface area contributed by atoms with Gasteiger partial charge in [0.1, 0.15) is 0 Å². The van der Waals surface area contributed by atoms with Crippen molar-refractivity contribution in [3.63, 3.8) is 0 Å². The molecule has 0 spiro atoms. The van der Waals surface area contributed by atoms with Gasteiger partial charge in [0.05, 0.1) is 0 Å². The first-order valence-corrected chi connectivity index (χ1v) is 6.51. The van der Waals surface area contributed by atoms with Gasteiger partial charge in [0.15, 0.2) is 5.78 Å². The van der Waals surface area contributed by atoms with Crippen LogP contribution in [0.3, 0.4) is 0 Å². The van der Waals surface area contributed by atoms with Crippen LogP contribution in [0.1, 0.15) is 53.9 Å². The summed E-state index contributed by atoms with van der Waals surface area (Å²) in [6.07, 6.45) is 7.27. The second kappa shape index (κ2) is 3.83. The molecule has 0 saturated heterocycles. The highest BCUT2D eigenvalue weighted by molar-refractivity contribution is 6.03. The predicted octanol–water partition coefficient (Wildman–Crippen LogP) is 4.10. The molecule has 2 unspecified atom stereocenters. The molecule has 1 saturated carbocycles. The number of hydrogen-bond donors (Lipinski definition) is 0. The average molecular weight is 226 g/mol. The molecule has 0 aliphatic heterocycles. The van der Waals surface area contributed by atoms with E-state index in [0.29, 0.717) is 11.7 Å². The Balaban J connectivity index is 2.13. The molecule has 0 aromatic heterocycles. The Morgan fingerprint density at radius 2 is 2.24 bits per heavy atom. The van der Waals surface area contributed by atoms with Crippen molar-refractivity contribution in [1.29, 1.82) is 0 Å². The lowest BCUT2D eigenvalue weighted by atomic mass is 9.58. The van der Waals surface area contributed by atoms with E-state index in [-0.39, 0.29) is 5.41 Å². The van der Waals surface area contributed by atoms with E-state index < -0.39 is 0 Å². The lowest BCUT2D eigenvalue weighted by Gasteiger charge is -2.44. The van der Waals surface area contributed by atoms with Crippen LogP contribution in [0.15, 0.2) is 36.9 Å². The zero-order valence-corrected chi connectivity index (χ0v) is 10.1. The third-order valence-electron chi connectivity index (χ3n) is 4.51. The van der Waals surface area contributed by atoms with Gasteiger partial charge in [-0.25, -0.2) is 0 Å². The maximum absolute atomic E-state index is 12.7. The zero-order chi connectivity index (χ0) is 11.9. The van der Waals surface area contributed by atoms with E-state index in [1.165, 1.54) is 18.4 Å². The van der Waals surface area contributed by atoms with Crippen LogP contribution >= 0.6 is 0 Å². The second-order valence-electron chi connectivity index (χ2n) is 5.48. The fourth-order valence-electron chi connectivity index (χ4n) is 3.73. The maximum atomic E-state index is 12.7. The SMILES string of the molecule is C=CCC12CCCC(C1)c1ccccc1C2=O. The van der Waals surface area contributed by atoms with Crippen molar-refractivity contribution in [2.24, 2.45) is 5.41 Å². The summed E-state index contributed by atoms with van der Waals surface area (Å²) in [6, 6.07) is 8.19. The summed E-state index contributed by atoms with van der Waals surface area (Å²) < 4.78 is 0. The summed E-state index contributed by atoms with van der Waals surface area (Å²) in [4.78, 5) is 12.7. The first kappa shape index (κ1) is 10.8. The van der Waals surface area contributed by atoms with Crippen molar-refractivity contribution in [3.8, 4) is 0 Å². The van der Waals surface area contributed by atoms with Crippen LogP contribution in [0.2, 0.25) is 0 Å². The molecule has 0 radical (unpaired) electrons. The van der Waals surface area contributed by atoms with Gasteiger partial charge in [0.25, 0.3) is 0 Å². The van der Waals surface area contributed by atoms with Crippen molar-refractivity contribution in [2.45, 2.75) is 38.0 Å². The molecule has 1 nitrogen and oxygen atoms in total. The Labute approximate surface area is 103 Å². The molecule has 2 atom stereocenters.